The number of carbonyl (C=O) groups is 1. The summed E-state index contributed by atoms with van der Waals surface area (Å²) >= 11 is 4.91. The maximum atomic E-state index is 12.2. The number of benzene rings is 1. The molecule has 1 saturated carbocycles. The molecule has 0 spiro atoms. The van der Waals surface area contributed by atoms with Crippen molar-refractivity contribution in [1.82, 2.24) is 4.90 Å². The Morgan fingerprint density at radius 3 is 2.48 bits per heavy atom. The molecular weight excluding hydrogens is 282 g/mol. The lowest BCUT2D eigenvalue weighted by atomic mass is 10.2. The van der Waals surface area contributed by atoms with Crippen LogP contribution in [0.5, 0.6) is 0 Å². The summed E-state index contributed by atoms with van der Waals surface area (Å²) in [7, 11) is 0. The third kappa shape index (κ3) is 4.51. The van der Waals surface area contributed by atoms with E-state index in [-0.39, 0.29) is 5.91 Å². The van der Waals surface area contributed by atoms with Crippen LogP contribution in [-0.4, -0.2) is 34.9 Å². The first-order valence-electron chi connectivity index (χ1n) is 7.54. The predicted molar refractivity (Wildman–Crippen MR) is 90.5 cm³/mol. The van der Waals surface area contributed by atoms with E-state index in [1.165, 1.54) is 25.7 Å². The molecule has 0 aliphatic heterocycles. The minimum atomic E-state index is 0.0341. The number of hydrogen-bond donors (Lipinski definition) is 2. The number of nitrogens with two attached hydrogens (primary N) is 1. The average Bonchev–Trinajstić information content (AvgIpc) is 2.99. The molecule has 1 amide bonds. The Morgan fingerprint density at radius 1 is 1.33 bits per heavy atom. The van der Waals surface area contributed by atoms with Crippen LogP contribution in [0.25, 0.3) is 0 Å². The highest BCUT2D eigenvalue weighted by atomic mass is 32.1. The number of amides is 1. The molecule has 0 atom stereocenters. The van der Waals surface area contributed by atoms with E-state index in [9.17, 15) is 4.79 Å². The summed E-state index contributed by atoms with van der Waals surface area (Å²) < 4.78 is 0. The summed E-state index contributed by atoms with van der Waals surface area (Å²) in [4.78, 5) is 14.8. The van der Waals surface area contributed by atoms with Gasteiger partial charge in [0.1, 0.15) is 4.99 Å². The molecule has 0 heterocycles. The van der Waals surface area contributed by atoms with Gasteiger partial charge in [0.2, 0.25) is 5.91 Å². The van der Waals surface area contributed by atoms with Crippen molar-refractivity contribution >= 4 is 28.8 Å². The number of nitrogens with zero attached hydrogens (tertiary/aromatic N) is 1. The van der Waals surface area contributed by atoms with Gasteiger partial charge in [0.05, 0.1) is 6.54 Å². The number of anilines is 1. The van der Waals surface area contributed by atoms with E-state index in [0.29, 0.717) is 17.6 Å². The largest absolute Gasteiger partial charge is 0.389 e. The van der Waals surface area contributed by atoms with Gasteiger partial charge in [0, 0.05) is 17.3 Å². The van der Waals surface area contributed by atoms with Crippen LogP contribution in [0.4, 0.5) is 5.69 Å². The number of likely N-dealkylation sites (N-methyl/N-ethyl adjacent to an activating group) is 1. The maximum absolute atomic E-state index is 12.2. The van der Waals surface area contributed by atoms with Crippen molar-refractivity contribution < 1.29 is 4.79 Å². The molecule has 2 rings (SSSR count). The molecule has 1 aliphatic rings. The smallest absolute Gasteiger partial charge is 0.238 e. The summed E-state index contributed by atoms with van der Waals surface area (Å²) in [5, 5.41) is 2.93. The molecule has 5 heteroatoms. The molecule has 1 aliphatic carbocycles. The van der Waals surface area contributed by atoms with Gasteiger partial charge >= 0.3 is 0 Å². The van der Waals surface area contributed by atoms with Gasteiger partial charge in [0.15, 0.2) is 0 Å². The Kier molecular flexibility index (Phi) is 5.70. The molecular formula is C16H23N3OS. The molecule has 3 N–H and O–H groups in total. The maximum Gasteiger partial charge on any atom is 0.238 e. The van der Waals surface area contributed by atoms with E-state index in [2.05, 4.69) is 17.1 Å². The third-order valence-corrected chi connectivity index (χ3v) is 4.28. The van der Waals surface area contributed by atoms with E-state index in [4.69, 9.17) is 18.0 Å². The van der Waals surface area contributed by atoms with Crippen LogP contribution >= 0.6 is 12.2 Å². The normalized spacial score (nSPS) is 15.3. The second-order valence-corrected chi connectivity index (χ2v) is 5.93. The first-order valence-corrected chi connectivity index (χ1v) is 7.94. The molecule has 0 unspecified atom stereocenters. The van der Waals surface area contributed by atoms with Gasteiger partial charge in [-0.25, -0.2) is 0 Å². The summed E-state index contributed by atoms with van der Waals surface area (Å²) in [5.74, 6) is 0.0341. The number of nitrogens with one attached hydrogen (secondary N) is 1. The fraction of sp³-hybridized carbons (Fsp3) is 0.500. The highest BCUT2D eigenvalue weighted by Gasteiger charge is 2.22. The number of thiocarbonyl (C=S) groups is 1. The van der Waals surface area contributed by atoms with Crippen LogP contribution in [-0.2, 0) is 4.79 Å². The van der Waals surface area contributed by atoms with E-state index in [1.807, 2.05) is 24.3 Å². The molecule has 0 saturated heterocycles. The number of hydrogen-bond acceptors (Lipinski definition) is 3. The highest BCUT2D eigenvalue weighted by Crippen LogP contribution is 2.23. The zero-order chi connectivity index (χ0) is 15.2. The van der Waals surface area contributed by atoms with Crippen LogP contribution in [0.1, 0.15) is 38.2 Å². The van der Waals surface area contributed by atoms with E-state index in [0.717, 1.165) is 17.8 Å². The lowest BCUT2D eigenvalue weighted by Gasteiger charge is -2.26. The SMILES string of the molecule is CCN(CC(=O)Nc1ccc(C(N)=S)cc1)C1CCCC1. The topological polar surface area (TPSA) is 58.4 Å². The van der Waals surface area contributed by atoms with Crippen molar-refractivity contribution in [2.45, 2.75) is 38.6 Å². The fourth-order valence-corrected chi connectivity index (χ4v) is 3.01. The van der Waals surface area contributed by atoms with Gasteiger partial charge in [-0.15, -0.1) is 0 Å². The van der Waals surface area contributed by atoms with Gasteiger partial charge in [-0.1, -0.05) is 32.0 Å². The minimum Gasteiger partial charge on any atom is -0.389 e. The quantitative estimate of drug-likeness (QED) is 0.793. The second-order valence-electron chi connectivity index (χ2n) is 5.49. The first kappa shape index (κ1) is 15.9. The van der Waals surface area contributed by atoms with Gasteiger partial charge in [0.25, 0.3) is 0 Å². The lowest BCUT2D eigenvalue weighted by Crippen LogP contribution is -2.39. The van der Waals surface area contributed by atoms with Crippen LogP contribution in [0.15, 0.2) is 24.3 Å². The van der Waals surface area contributed by atoms with Crippen molar-refractivity contribution in [2.24, 2.45) is 5.73 Å². The predicted octanol–water partition coefficient (Wildman–Crippen LogP) is 2.52. The van der Waals surface area contributed by atoms with Gasteiger partial charge < -0.3 is 11.1 Å². The first-order chi connectivity index (χ1) is 10.1. The molecule has 1 aromatic rings. The summed E-state index contributed by atoms with van der Waals surface area (Å²) in [5.41, 5.74) is 7.15. The molecule has 1 aromatic carbocycles. The van der Waals surface area contributed by atoms with Crippen LogP contribution in [0.2, 0.25) is 0 Å². The molecule has 21 heavy (non-hydrogen) atoms. The minimum absolute atomic E-state index is 0.0341. The zero-order valence-corrected chi connectivity index (χ0v) is 13.3. The Labute approximate surface area is 131 Å². The van der Waals surface area contributed by atoms with E-state index in [1.54, 1.807) is 0 Å². The van der Waals surface area contributed by atoms with Crippen molar-refractivity contribution in [3.05, 3.63) is 29.8 Å². The molecule has 0 bridgehead atoms. The lowest BCUT2D eigenvalue weighted by molar-refractivity contribution is -0.117. The van der Waals surface area contributed by atoms with Crippen molar-refractivity contribution in [3.63, 3.8) is 0 Å². The van der Waals surface area contributed by atoms with Crippen LogP contribution in [0, 0.1) is 0 Å². The Bertz CT molecular complexity index is 495. The Hall–Kier alpha value is -1.46. The van der Waals surface area contributed by atoms with Crippen molar-refractivity contribution in [1.29, 1.82) is 0 Å². The monoisotopic (exact) mass is 305 g/mol. The zero-order valence-electron chi connectivity index (χ0n) is 12.5. The number of rotatable bonds is 6. The van der Waals surface area contributed by atoms with Crippen molar-refractivity contribution in [3.8, 4) is 0 Å². The summed E-state index contributed by atoms with van der Waals surface area (Å²) in [6.45, 7) is 3.49. The van der Waals surface area contributed by atoms with Crippen LogP contribution in [0.3, 0.4) is 0 Å². The van der Waals surface area contributed by atoms with E-state index >= 15 is 0 Å². The van der Waals surface area contributed by atoms with Crippen LogP contribution < -0.4 is 11.1 Å². The molecule has 114 valence electrons. The Balaban J connectivity index is 1.89. The Morgan fingerprint density at radius 2 is 1.95 bits per heavy atom. The molecule has 0 radical (unpaired) electrons. The number of carbonyl (C=O) groups excluding carboxylic acids is 1. The fourth-order valence-electron chi connectivity index (χ4n) is 2.87. The second kappa shape index (κ2) is 7.52. The van der Waals surface area contributed by atoms with E-state index < -0.39 is 0 Å². The van der Waals surface area contributed by atoms with Gasteiger partial charge in [-0.05, 0) is 43.7 Å². The summed E-state index contributed by atoms with van der Waals surface area (Å²) in [6.07, 6.45) is 4.99. The third-order valence-electron chi connectivity index (χ3n) is 4.05. The average molecular weight is 305 g/mol. The summed E-state index contributed by atoms with van der Waals surface area (Å²) in [6, 6.07) is 7.88. The van der Waals surface area contributed by atoms with Gasteiger partial charge in [-0.3, -0.25) is 9.69 Å². The molecule has 0 aromatic heterocycles. The van der Waals surface area contributed by atoms with Crippen molar-refractivity contribution in [2.75, 3.05) is 18.4 Å². The van der Waals surface area contributed by atoms with Gasteiger partial charge in [-0.2, -0.15) is 0 Å². The standard InChI is InChI=1S/C16H23N3OS/c1-2-19(14-5-3-4-6-14)11-15(20)18-13-9-7-12(8-10-13)16(17)21/h7-10,14H,2-6,11H2,1H3,(H2,17,21)(H,18,20). The molecule has 1 fully saturated rings. The molecule has 4 nitrogen and oxygen atoms in total. The highest BCUT2D eigenvalue weighted by molar-refractivity contribution is 7.80.